The van der Waals surface area contributed by atoms with Gasteiger partial charge in [0.1, 0.15) is 0 Å². The lowest BCUT2D eigenvalue weighted by Crippen LogP contribution is -1.96. The summed E-state index contributed by atoms with van der Waals surface area (Å²) in [5.41, 5.74) is 1.49. The molecule has 0 atom stereocenters. The molecular formula is C9H7NO3. The summed E-state index contributed by atoms with van der Waals surface area (Å²) < 4.78 is 4.86. The molecule has 0 saturated heterocycles. The molecule has 0 aliphatic carbocycles. The van der Waals surface area contributed by atoms with Crippen molar-refractivity contribution in [3.8, 4) is 0 Å². The average Bonchev–Trinajstić information content (AvgIpc) is 2.46. The Morgan fingerprint density at radius 1 is 1.54 bits per heavy atom. The van der Waals surface area contributed by atoms with Crippen LogP contribution in [-0.4, -0.2) is 16.2 Å². The standard InChI is InChI=1S/C9H7NO3/c1-5-2-3-6-7(4-5)13-10-8(6)9(11)12/h2-4H,1H3,(H,11,12). The van der Waals surface area contributed by atoms with Crippen LogP contribution in [0.3, 0.4) is 0 Å². The first-order valence-corrected chi connectivity index (χ1v) is 3.78. The fourth-order valence-corrected chi connectivity index (χ4v) is 1.20. The Balaban J connectivity index is 2.76. The number of aromatic carboxylic acids is 1. The van der Waals surface area contributed by atoms with E-state index < -0.39 is 5.97 Å². The van der Waals surface area contributed by atoms with E-state index in [9.17, 15) is 4.79 Å². The van der Waals surface area contributed by atoms with E-state index >= 15 is 0 Å². The maximum Gasteiger partial charge on any atom is 0.358 e. The number of carboxylic acids is 1. The lowest BCUT2D eigenvalue weighted by Gasteiger charge is -1.89. The molecule has 2 rings (SSSR count). The fourth-order valence-electron chi connectivity index (χ4n) is 1.20. The molecule has 0 saturated carbocycles. The van der Waals surface area contributed by atoms with Gasteiger partial charge in [0.05, 0.1) is 5.39 Å². The number of carboxylic acid groups (broad SMARTS) is 1. The third-order valence-corrected chi connectivity index (χ3v) is 1.83. The lowest BCUT2D eigenvalue weighted by atomic mass is 10.1. The zero-order chi connectivity index (χ0) is 9.42. The van der Waals surface area contributed by atoms with Crippen molar-refractivity contribution in [3.63, 3.8) is 0 Å². The molecule has 0 aliphatic heterocycles. The van der Waals surface area contributed by atoms with Gasteiger partial charge in [-0.3, -0.25) is 0 Å². The summed E-state index contributed by atoms with van der Waals surface area (Å²) in [5.74, 6) is -1.07. The van der Waals surface area contributed by atoms with Gasteiger partial charge >= 0.3 is 5.97 Å². The molecule has 1 N–H and O–H groups in total. The van der Waals surface area contributed by atoms with Gasteiger partial charge in [-0.15, -0.1) is 0 Å². The van der Waals surface area contributed by atoms with Crippen LogP contribution in [0.15, 0.2) is 22.7 Å². The molecule has 1 aromatic carbocycles. The van der Waals surface area contributed by atoms with Gasteiger partial charge in [0.2, 0.25) is 0 Å². The molecular weight excluding hydrogens is 170 g/mol. The number of fused-ring (bicyclic) bond motifs is 1. The Hall–Kier alpha value is -1.84. The highest BCUT2D eigenvalue weighted by molar-refractivity contribution is 6.00. The quantitative estimate of drug-likeness (QED) is 0.721. The van der Waals surface area contributed by atoms with Gasteiger partial charge in [0.15, 0.2) is 11.3 Å². The van der Waals surface area contributed by atoms with E-state index in [1.165, 1.54) is 0 Å². The molecule has 0 unspecified atom stereocenters. The van der Waals surface area contributed by atoms with Gasteiger partial charge in [0.25, 0.3) is 0 Å². The van der Waals surface area contributed by atoms with Crippen molar-refractivity contribution in [1.82, 2.24) is 5.16 Å². The molecule has 1 aromatic heterocycles. The van der Waals surface area contributed by atoms with Crippen molar-refractivity contribution in [2.75, 3.05) is 0 Å². The summed E-state index contributed by atoms with van der Waals surface area (Å²) in [6.07, 6.45) is 0. The molecule has 0 bridgehead atoms. The van der Waals surface area contributed by atoms with Crippen LogP contribution in [0.5, 0.6) is 0 Å². The Labute approximate surface area is 73.8 Å². The average molecular weight is 177 g/mol. The number of hydrogen-bond donors (Lipinski definition) is 1. The Morgan fingerprint density at radius 3 is 3.00 bits per heavy atom. The van der Waals surface area contributed by atoms with Crippen LogP contribution in [0.4, 0.5) is 0 Å². The van der Waals surface area contributed by atoms with Crippen LogP contribution in [0.1, 0.15) is 16.1 Å². The molecule has 4 nitrogen and oxygen atoms in total. The highest BCUT2D eigenvalue weighted by Gasteiger charge is 2.13. The highest BCUT2D eigenvalue weighted by atomic mass is 16.5. The van der Waals surface area contributed by atoms with Gasteiger partial charge in [-0.1, -0.05) is 11.2 Å². The van der Waals surface area contributed by atoms with Gasteiger partial charge < -0.3 is 9.63 Å². The number of aryl methyl sites for hydroxylation is 1. The third-order valence-electron chi connectivity index (χ3n) is 1.83. The molecule has 0 aliphatic rings. The van der Waals surface area contributed by atoms with Crippen LogP contribution in [-0.2, 0) is 0 Å². The number of hydrogen-bond acceptors (Lipinski definition) is 3. The molecule has 0 radical (unpaired) electrons. The maximum absolute atomic E-state index is 10.6. The first-order chi connectivity index (χ1) is 6.18. The third kappa shape index (κ3) is 1.16. The zero-order valence-electron chi connectivity index (χ0n) is 6.94. The second-order valence-electron chi connectivity index (χ2n) is 2.84. The van der Waals surface area contributed by atoms with E-state index in [2.05, 4.69) is 5.16 Å². The monoisotopic (exact) mass is 177 g/mol. The first-order valence-electron chi connectivity index (χ1n) is 3.78. The molecule has 0 spiro atoms. The first kappa shape index (κ1) is 7.79. The summed E-state index contributed by atoms with van der Waals surface area (Å²) in [7, 11) is 0. The number of benzene rings is 1. The SMILES string of the molecule is Cc1ccc2c(C(=O)O)noc2c1. The van der Waals surface area contributed by atoms with E-state index in [1.54, 1.807) is 12.1 Å². The maximum atomic E-state index is 10.6. The molecule has 1 heterocycles. The van der Waals surface area contributed by atoms with Crippen LogP contribution in [0.25, 0.3) is 11.0 Å². The summed E-state index contributed by atoms with van der Waals surface area (Å²) in [6.45, 7) is 1.91. The number of nitrogens with zero attached hydrogens (tertiary/aromatic N) is 1. The van der Waals surface area contributed by atoms with E-state index in [4.69, 9.17) is 9.63 Å². The molecule has 0 amide bonds. The zero-order valence-corrected chi connectivity index (χ0v) is 6.94. The van der Waals surface area contributed by atoms with Crippen molar-refractivity contribution in [2.24, 2.45) is 0 Å². The normalized spacial score (nSPS) is 10.5. The minimum absolute atomic E-state index is 0.0324. The smallest absolute Gasteiger partial charge is 0.358 e. The molecule has 66 valence electrons. The van der Waals surface area contributed by atoms with Crippen molar-refractivity contribution in [2.45, 2.75) is 6.92 Å². The molecule has 4 heteroatoms. The fraction of sp³-hybridized carbons (Fsp3) is 0.111. The van der Waals surface area contributed by atoms with E-state index in [-0.39, 0.29) is 5.69 Å². The van der Waals surface area contributed by atoms with Crippen molar-refractivity contribution < 1.29 is 14.4 Å². The van der Waals surface area contributed by atoms with Crippen molar-refractivity contribution in [3.05, 3.63) is 29.5 Å². The van der Waals surface area contributed by atoms with Gasteiger partial charge in [-0.05, 0) is 24.6 Å². The summed E-state index contributed by atoms with van der Waals surface area (Å²) in [6, 6.07) is 5.28. The number of rotatable bonds is 1. The molecule has 13 heavy (non-hydrogen) atoms. The van der Waals surface area contributed by atoms with Crippen molar-refractivity contribution in [1.29, 1.82) is 0 Å². The predicted molar refractivity (Wildman–Crippen MR) is 45.7 cm³/mol. The number of carbonyl (C=O) groups is 1. The second-order valence-corrected chi connectivity index (χ2v) is 2.84. The molecule has 0 fully saturated rings. The largest absolute Gasteiger partial charge is 0.476 e. The highest BCUT2D eigenvalue weighted by Crippen LogP contribution is 2.19. The Bertz CT molecular complexity index is 473. The lowest BCUT2D eigenvalue weighted by molar-refractivity contribution is 0.0688. The number of aromatic nitrogens is 1. The van der Waals surface area contributed by atoms with E-state index in [0.717, 1.165) is 5.56 Å². The van der Waals surface area contributed by atoms with Crippen LogP contribution < -0.4 is 0 Å². The second kappa shape index (κ2) is 2.58. The minimum Gasteiger partial charge on any atom is -0.476 e. The molecule has 2 aromatic rings. The van der Waals surface area contributed by atoms with E-state index in [0.29, 0.717) is 11.0 Å². The predicted octanol–water partition coefficient (Wildman–Crippen LogP) is 1.83. The topological polar surface area (TPSA) is 63.3 Å². The van der Waals surface area contributed by atoms with Gasteiger partial charge in [-0.25, -0.2) is 4.79 Å². The summed E-state index contributed by atoms with van der Waals surface area (Å²) in [5, 5.41) is 12.7. The van der Waals surface area contributed by atoms with Gasteiger partial charge in [-0.2, -0.15) is 0 Å². The van der Waals surface area contributed by atoms with E-state index in [1.807, 2.05) is 13.0 Å². The Morgan fingerprint density at radius 2 is 2.31 bits per heavy atom. The van der Waals surface area contributed by atoms with Gasteiger partial charge in [0, 0.05) is 0 Å². The minimum atomic E-state index is -1.07. The van der Waals surface area contributed by atoms with Crippen LogP contribution in [0.2, 0.25) is 0 Å². The van der Waals surface area contributed by atoms with Crippen molar-refractivity contribution >= 4 is 16.9 Å². The van der Waals surface area contributed by atoms with Crippen LogP contribution in [0, 0.1) is 6.92 Å². The van der Waals surface area contributed by atoms with Crippen LogP contribution >= 0.6 is 0 Å². The summed E-state index contributed by atoms with van der Waals surface area (Å²) in [4.78, 5) is 10.6. The summed E-state index contributed by atoms with van der Waals surface area (Å²) >= 11 is 0. The Kier molecular flexibility index (Phi) is 1.55.